The van der Waals surface area contributed by atoms with E-state index in [-0.39, 0.29) is 24.2 Å². The number of sulfonamides is 1. The van der Waals surface area contributed by atoms with Crippen molar-refractivity contribution in [1.82, 2.24) is 14.5 Å². The summed E-state index contributed by atoms with van der Waals surface area (Å²) in [6.07, 6.45) is -0.281. The van der Waals surface area contributed by atoms with E-state index in [0.29, 0.717) is 13.0 Å². The third-order valence-corrected chi connectivity index (χ3v) is 4.27. The lowest BCUT2D eigenvalue weighted by Gasteiger charge is -2.23. The summed E-state index contributed by atoms with van der Waals surface area (Å²) in [7, 11) is -3.61. The molecule has 0 saturated carbocycles. The van der Waals surface area contributed by atoms with Crippen LogP contribution in [0.15, 0.2) is 12.4 Å². The molecule has 120 valence electrons. The fraction of sp³-hybridized carbons (Fsp3) is 0.727. The summed E-state index contributed by atoms with van der Waals surface area (Å²) >= 11 is 0. The smallest absolute Gasteiger partial charge is 0.325 e. The molecule has 2 heterocycles. The molecule has 0 aromatic carbocycles. The lowest BCUT2D eigenvalue weighted by atomic mass is 10.2. The molecule has 1 aromatic heterocycles. The molecule has 1 aromatic rings. The first-order valence-corrected chi connectivity index (χ1v) is 8.17. The summed E-state index contributed by atoms with van der Waals surface area (Å²) in [5, 5.41) is 5.04. The maximum absolute atomic E-state index is 12.5. The highest BCUT2D eigenvalue weighted by Crippen LogP contribution is 2.22. The van der Waals surface area contributed by atoms with Gasteiger partial charge in [0.05, 0.1) is 12.3 Å². The molecule has 0 bridgehead atoms. The highest BCUT2D eigenvalue weighted by atomic mass is 32.2. The van der Waals surface area contributed by atoms with Crippen molar-refractivity contribution in [3.8, 4) is 0 Å². The standard InChI is InChI=1S/C11H17F3N4O2S/c12-11(13,14)8-18-5-3-16-10(18)6-17-4-1-2-9(17)7-21(15,19)20/h3,5,9H,1-2,4,6-8H2,(H2,15,19,20). The Kier molecular flexibility index (Phi) is 4.59. The van der Waals surface area contributed by atoms with E-state index in [4.69, 9.17) is 5.14 Å². The number of imidazole rings is 1. The van der Waals surface area contributed by atoms with Crippen molar-refractivity contribution in [2.75, 3.05) is 12.3 Å². The van der Waals surface area contributed by atoms with Crippen LogP contribution in [0.25, 0.3) is 0 Å². The third-order valence-electron chi connectivity index (χ3n) is 3.42. The summed E-state index contributed by atoms with van der Waals surface area (Å²) < 4.78 is 60.7. The number of alkyl halides is 3. The second kappa shape index (κ2) is 5.93. The van der Waals surface area contributed by atoms with Gasteiger partial charge in [0.25, 0.3) is 0 Å². The molecule has 10 heteroatoms. The van der Waals surface area contributed by atoms with Gasteiger partial charge in [0.2, 0.25) is 10.0 Å². The van der Waals surface area contributed by atoms with Crippen molar-refractivity contribution < 1.29 is 21.6 Å². The van der Waals surface area contributed by atoms with Crippen molar-refractivity contribution in [3.05, 3.63) is 18.2 Å². The number of aromatic nitrogens is 2. The number of rotatable bonds is 5. The zero-order valence-corrected chi connectivity index (χ0v) is 12.1. The van der Waals surface area contributed by atoms with Gasteiger partial charge in [-0.15, -0.1) is 0 Å². The molecular formula is C11H17F3N4O2S. The molecule has 1 saturated heterocycles. The first-order valence-electron chi connectivity index (χ1n) is 6.45. The van der Waals surface area contributed by atoms with E-state index in [1.807, 2.05) is 4.90 Å². The molecule has 1 unspecified atom stereocenters. The van der Waals surface area contributed by atoms with Crippen LogP contribution in [0.1, 0.15) is 18.7 Å². The maximum atomic E-state index is 12.5. The summed E-state index contributed by atoms with van der Waals surface area (Å²) in [5.74, 6) is 0.0844. The van der Waals surface area contributed by atoms with Crippen LogP contribution < -0.4 is 5.14 Å². The van der Waals surface area contributed by atoms with E-state index in [1.165, 1.54) is 12.4 Å². The number of halogens is 3. The number of hydrogen-bond acceptors (Lipinski definition) is 4. The van der Waals surface area contributed by atoms with Gasteiger partial charge in [-0.25, -0.2) is 18.5 Å². The van der Waals surface area contributed by atoms with Crippen LogP contribution in [-0.4, -0.2) is 47.4 Å². The minimum absolute atomic E-state index is 0.184. The molecule has 21 heavy (non-hydrogen) atoms. The maximum Gasteiger partial charge on any atom is 0.406 e. The molecule has 2 rings (SSSR count). The monoisotopic (exact) mass is 326 g/mol. The minimum atomic E-state index is -4.32. The number of primary sulfonamides is 1. The van der Waals surface area contributed by atoms with Gasteiger partial charge in [0, 0.05) is 18.4 Å². The lowest BCUT2D eigenvalue weighted by molar-refractivity contribution is -0.141. The number of nitrogens with two attached hydrogens (primary N) is 1. The van der Waals surface area contributed by atoms with Gasteiger partial charge in [-0.2, -0.15) is 13.2 Å². The van der Waals surface area contributed by atoms with Crippen LogP contribution in [0.2, 0.25) is 0 Å². The van der Waals surface area contributed by atoms with Crippen LogP contribution in [0.4, 0.5) is 13.2 Å². The van der Waals surface area contributed by atoms with E-state index >= 15 is 0 Å². The van der Waals surface area contributed by atoms with Gasteiger partial charge < -0.3 is 4.57 Å². The van der Waals surface area contributed by atoms with E-state index in [1.54, 1.807) is 0 Å². The van der Waals surface area contributed by atoms with Gasteiger partial charge in [-0.3, -0.25) is 4.90 Å². The van der Waals surface area contributed by atoms with E-state index in [2.05, 4.69) is 4.98 Å². The van der Waals surface area contributed by atoms with Crippen LogP contribution in [0.3, 0.4) is 0 Å². The van der Waals surface area contributed by atoms with Gasteiger partial charge in [0.1, 0.15) is 12.4 Å². The predicted octanol–water partition coefficient (Wildman–Crippen LogP) is 0.698. The van der Waals surface area contributed by atoms with E-state index in [0.717, 1.165) is 11.0 Å². The third kappa shape index (κ3) is 4.97. The fourth-order valence-electron chi connectivity index (χ4n) is 2.57. The van der Waals surface area contributed by atoms with Gasteiger partial charge in [-0.05, 0) is 19.4 Å². The predicted molar refractivity (Wildman–Crippen MR) is 69.7 cm³/mol. The molecule has 1 aliphatic heterocycles. The highest BCUT2D eigenvalue weighted by molar-refractivity contribution is 7.89. The quantitative estimate of drug-likeness (QED) is 0.863. The average Bonchev–Trinajstić information content (AvgIpc) is 2.86. The fourth-order valence-corrected chi connectivity index (χ4v) is 3.48. The molecule has 6 nitrogen and oxygen atoms in total. The highest BCUT2D eigenvalue weighted by Gasteiger charge is 2.31. The minimum Gasteiger partial charge on any atom is -0.325 e. The van der Waals surface area contributed by atoms with Crippen LogP contribution >= 0.6 is 0 Å². The van der Waals surface area contributed by atoms with Crippen LogP contribution in [0, 0.1) is 0 Å². The number of likely N-dealkylation sites (tertiary alicyclic amines) is 1. The Morgan fingerprint density at radius 3 is 2.76 bits per heavy atom. The normalized spacial score (nSPS) is 21.0. The lowest BCUT2D eigenvalue weighted by Crippen LogP contribution is -2.37. The second-order valence-corrected chi connectivity index (χ2v) is 6.84. The largest absolute Gasteiger partial charge is 0.406 e. The molecule has 0 spiro atoms. The Morgan fingerprint density at radius 2 is 2.14 bits per heavy atom. The average molecular weight is 326 g/mol. The van der Waals surface area contributed by atoms with Crippen molar-refractivity contribution in [1.29, 1.82) is 0 Å². The molecule has 0 radical (unpaired) electrons. The van der Waals surface area contributed by atoms with Crippen molar-refractivity contribution in [2.45, 2.75) is 38.1 Å². The molecule has 1 aliphatic rings. The number of nitrogens with zero attached hydrogens (tertiary/aromatic N) is 3. The Morgan fingerprint density at radius 1 is 1.43 bits per heavy atom. The summed E-state index contributed by atoms with van der Waals surface area (Å²) in [5.41, 5.74) is 0. The first kappa shape index (κ1) is 16.2. The van der Waals surface area contributed by atoms with Crippen LogP contribution in [-0.2, 0) is 23.1 Å². The second-order valence-electron chi connectivity index (χ2n) is 5.18. The summed E-state index contributed by atoms with van der Waals surface area (Å²) in [6.45, 7) is -0.293. The molecule has 1 atom stereocenters. The molecule has 1 fully saturated rings. The zero-order valence-electron chi connectivity index (χ0n) is 11.3. The number of hydrogen-bond donors (Lipinski definition) is 1. The van der Waals surface area contributed by atoms with Crippen molar-refractivity contribution in [3.63, 3.8) is 0 Å². The Labute approximate surface area is 120 Å². The van der Waals surface area contributed by atoms with Gasteiger partial charge >= 0.3 is 6.18 Å². The van der Waals surface area contributed by atoms with E-state index in [9.17, 15) is 21.6 Å². The Hall–Kier alpha value is -1.13. The van der Waals surface area contributed by atoms with Crippen molar-refractivity contribution in [2.24, 2.45) is 5.14 Å². The summed E-state index contributed by atoms with van der Waals surface area (Å²) in [4.78, 5) is 5.75. The topological polar surface area (TPSA) is 81.2 Å². The SMILES string of the molecule is NS(=O)(=O)CC1CCCN1Cc1nccn1CC(F)(F)F. The first-order chi connectivity index (χ1) is 9.64. The molecular weight excluding hydrogens is 309 g/mol. The van der Waals surface area contributed by atoms with Crippen molar-refractivity contribution >= 4 is 10.0 Å². The Bertz CT molecular complexity index is 585. The summed E-state index contributed by atoms with van der Waals surface area (Å²) in [6, 6.07) is -0.268. The zero-order chi connectivity index (χ0) is 15.7. The van der Waals surface area contributed by atoms with Gasteiger partial charge in [-0.1, -0.05) is 0 Å². The van der Waals surface area contributed by atoms with Gasteiger partial charge in [0.15, 0.2) is 0 Å². The molecule has 0 aliphatic carbocycles. The van der Waals surface area contributed by atoms with E-state index < -0.39 is 22.7 Å². The van der Waals surface area contributed by atoms with Crippen LogP contribution in [0.5, 0.6) is 0 Å². The molecule has 2 N–H and O–H groups in total. The Balaban J connectivity index is 2.06. The molecule has 0 amide bonds.